The van der Waals surface area contributed by atoms with E-state index in [9.17, 15) is 10.1 Å². The van der Waals surface area contributed by atoms with Crippen molar-refractivity contribution in [2.75, 3.05) is 11.9 Å². The zero-order valence-electron chi connectivity index (χ0n) is 19.7. The second-order valence-electron chi connectivity index (χ2n) is 9.33. The van der Waals surface area contributed by atoms with Gasteiger partial charge in [0.25, 0.3) is 0 Å². The van der Waals surface area contributed by atoms with Gasteiger partial charge >= 0.3 is 0 Å². The SMILES string of the molecule is CCOc1ccc(NC(=O)C(CC)Sc2nc3c(cc2C#N)CC(C(C)(C)C)CC3)cc1. The van der Waals surface area contributed by atoms with E-state index >= 15 is 0 Å². The number of ether oxygens (including phenoxy) is 1. The maximum atomic E-state index is 12.9. The van der Waals surface area contributed by atoms with Crippen LogP contribution in [0.3, 0.4) is 0 Å². The van der Waals surface area contributed by atoms with Crippen molar-refractivity contribution in [1.82, 2.24) is 4.98 Å². The minimum absolute atomic E-state index is 0.0853. The number of aryl methyl sites for hydroxylation is 1. The smallest absolute Gasteiger partial charge is 0.237 e. The number of nitrogens with zero attached hydrogens (tertiary/aromatic N) is 2. The minimum Gasteiger partial charge on any atom is -0.494 e. The molecule has 0 saturated carbocycles. The van der Waals surface area contributed by atoms with E-state index in [1.54, 1.807) is 0 Å². The fourth-order valence-electron chi connectivity index (χ4n) is 4.04. The fourth-order valence-corrected chi connectivity index (χ4v) is 5.03. The molecule has 2 unspecified atom stereocenters. The number of hydrogen-bond acceptors (Lipinski definition) is 5. The van der Waals surface area contributed by atoms with Gasteiger partial charge in [0, 0.05) is 11.4 Å². The summed E-state index contributed by atoms with van der Waals surface area (Å²) in [6.45, 7) is 11.4. The first-order valence-corrected chi connectivity index (χ1v) is 12.3. The lowest BCUT2D eigenvalue weighted by Crippen LogP contribution is -2.28. The highest BCUT2D eigenvalue weighted by molar-refractivity contribution is 8.00. The van der Waals surface area contributed by atoms with E-state index in [1.165, 1.54) is 17.3 Å². The Hall–Kier alpha value is -2.52. The average Bonchev–Trinajstić information content (AvgIpc) is 2.77. The Morgan fingerprint density at radius 2 is 2.03 bits per heavy atom. The zero-order chi connectivity index (χ0) is 23.3. The first-order valence-electron chi connectivity index (χ1n) is 11.4. The van der Waals surface area contributed by atoms with Gasteiger partial charge in [-0.05, 0) is 79.8 Å². The Morgan fingerprint density at radius 3 is 2.62 bits per heavy atom. The first-order chi connectivity index (χ1) is 15.2. The van der Waals surface area contributed by atoms with E-state index in [0.717, 1.165) is 36.4 Å². The summed E-state index contributed by atoms with van der Waals surface area (Å²) in [4.78, 5) is 17.8. The van der Waals surface area contributed by atoms with Crippen LogP contribution in [0.15, 0.2) is 35.4 Å². The molecule has 0 saturated heterocycles. The number of rotatable bonds is 7. The van der Waals surface area contributed by atoms with Gasteiger partial charge in [-0.1, -0.05) is 39.5 Å². The predicted molar refractivity (Wildman–Crippen MR) is 130 cm³/mol. The highest BCUT2D eigenvalue weighted by Crippen LogP contribution is 2.38. The summed E-state index contributed by atoms with van der Waals surface area (Å²) in [5.41, 5.74) is 3.79. The maximum Gasteiger partial charge on any atom is 0.237 e. The van der Waals surface area contributed by atoms with Crippen LogP contribution in [0.1, 0.15) is 64.3 Å². The van der Waals surface area contributed by atoms with Gasteiger partial charge in [0.15, 0.2) is 0 Å². The van der Waals surface area contributed by atoms with Crippen LogP contribution in [0.25, 0.3) is 0 Å². The number of anilines is 1. The molecule has 0 radical (unpaired) electrons. The molecule has 170 valence electrons. The van der Waals surface area contributed by atoms with E-state index in [2.05, 4.69) is 32.2 Å². The molecule has 1 amide bonds. The summed E-state index contributed by atoms with van der Waals surface area (Å²) in [5.74, 6) is 1.28. The van der Waals surface area contributed by atoms with Gasteiger partial charge in [0.1, 0.15) is 16.8 Å². The molecule has 6 heteroatoms. The molecule has 1 aromatic carbocycles. The molecule has 3 rings (SSSR count). The van der Waals surface area contributed by atoms with Gasteiger partial charge in [-0.15, -0.1) is 0 Å². The summed E-state index contributed by atoms with van der Waals surface area (Å²) in [6.07, 6.45) is 3.63. The molecular weight excluding hydrogens is 418 g/mol. The van der Waals surface area contributed by atoms with Crippen molar-refractivity contribution >= 4 is 23.4 Å². The third-order valence-corrected chi connectivity index (χ3v) is 7.41. The molecule has 0 aliphatic heterocycles. The van der Waals surface area contributed by atoms with Crippen LogP contribution in [0.2, 0.25) is 0 Å². The molecule has 2 aromatic rings. The summed E-state index contributed by atoms with van der Waals surface area (Å²) in [7, 11) is 0. The van der Waals surface area contributed by atoms with E-state index in [4.69, 9.17) is 9.72 Å². The molecule has 32 heavy (non-hydrogen) atoms. The minimum atomic E-state index is -0.329. The number of carbonyl (C=O) groups excluding carboxylic acids is 1. The molecule has 1 heterocycles. The number of hydrogen-bond donors (Lipinski definition) is 1. The molecule has 0 bridgehead atoms. The number of benzene rings is 1. The highest BCUT2D eigenvalue weighted by Gasteiger charge is 2.30. The second-order valence-corrected chi connectivity index (χ2v) is 10.5. The summed E-state index contributed by atoms with van der Waals surface area (Å²) in [5, 5.41) is 13.1. The number of thioether (sulfide) groups is 1. The Bertz CT molecular complexity index is 990. The molecule has 0 fully saturated rings. The molecule has 1 aliphatic rings. The van der Waals surface area contributed by atoms with Crippen molar-refractivity contribution < 1.29 is 9.53 Å². The number of carbonyl (C=O) groups is 1. The Morgan fingerprint density at radius 1 is 1.31 bits per heavy atom. The van der Waals surface area contributed by atoms with Crippen LogP contribution in [-0.4, -0.2) is 22.7 Å². The summed E-state index contributed by atoms with van der Waals surface area (Å²) < 4.78 is 5.45. The molecule has 5 nitrogen and oxygen atoms in total. The summed E-state index contributed by atoms with van der Waals surface area (Å²) >= 11 is 1.39. The molecule has 1 aromatic heterocycles. The van der Waals surface area contributed by atoms with Gasteiger partial charge in [0.05, 0.1) is 17.4 Å². The van der Waals surface area contributed by atoms with Gasteiger partial charge in [-0.25, -0.2) is 4.98 Å². The summed E-state index contributed by atoms with van der Waals surface area (Å²) in [6, 6.07) is 11.7. The van der Waals surface area contributed by atoms with Crippen molar-refractivity contribution in [2.24, 2.45) is 11.3 Å². The van der Waals surface area contributed by atoms with E-state index in [1.807, 2.05) is 44.2 Å². The number of aromatic nitrogens is 1. The van der Waals surface area contributed by atoms with Crippen molar-refractivity contribution in [3.63, 3.8) is 0 Å². The zero-order valence-corrected chi connectivity index (χ0v) is 20.5. The molecular formula is C26H33N3O2S. The van der Waals surface area contributed by atoms with Gasteiger partial charge in [-0.3, -0.25) is 4.79 Å². The Kier molecular flexibility index (Phi) is 7.84. The van der Waals surface area contributed by atoms with Crippen LogP contribution in [0.5, 0.6) is 5.75 Å². The van der Waals surface area contributed by atoms with Crippen LogP contribution in [-0.2, 0) is 17.6 Å². The third kappa shape index (κ3) is 5.83. The number of nitrogens with one attached hydrogen (secondary N) is 1. The number of pyridine rings is 1. The normalized spacial score (nSPS) is 16.6. The fraction of sp³-hybridized carbons (Fsp3) is 0.500. The maximum absolute atomic E-state index is 12.9. The molecule has 0 spiro atoms. The highest BCUT2D eigenvalue weighted by atomic mass is 32.2. The average molecular weight is 452 g/mol. The van der Waals surface area contributed by atoms with Crippen LogP contribution in [0.4, 0.5) is 5.69 Å². The van der Waals surface area contributed by atoms with Crippen LogP contribution in [0, 0.1) is 22.7 Å². The topological polar surface area (TPSA) is 75.0 Å². The molecule has 1 N–H and O–H groups in total. The lowest BCUT2D eigenvalue weighted by Gasteiger charge is -2.34. The van der Waals surface area contributed by atoms with Crippen molar-refractivity contribution in [3.8, 4) is 11.8 Å². The quantitative estimate of drug-likeness (QED) is 0.522. The number of nitriles is 1. The van der Waals surface area contributed by atoms with E-state index in [0.29, 0.717) is 29.5 Å². The van der Waals surface area contributed by atoms with Crippen molar-refractivity contribution in [2.45, 2.75) is 70.6 Å². The van der Waals surface area contributed by atoms with Crippen molar-refractivity contribution in [3.05, 3.63) is 47.2 Å². The van der Waals surface area contributed by atoms with Crippen LogP contribution >= 0.6 is 11.8 Å². The van der Waals surface area contributed by atoms with E-state index in [-0.39, 0.29) is 16.6 Å². The van der Waals surface area contributed by atoms with Gasteiger partial charge < -0.3 is 10.1 Å². The lowest BCUT2D eigenvalue weighted by molar-refractivity contribution is -0.115. The number of amides is 1. The molecule has 2 atom stereocenters. The monoisotopic (exact) mass is 451 g/mol. The Balaban J connectivity index is 1.74. The first kappa shape index (κ1) is 24.1. The third-order valence-electron chi connectivity index (χ3n) is 6.05. The predicted octanol–water partition coefficient (Wildman–Crippen LogP) is 6.01. The second kappa shape index (κ2) is 10.4. The van der Waals surface area contributed by atoms with Crippen molar-refractivity contribution in [1.29, 1.82) is 5.26 Å². The number of fused-ring (bicyclic) bond motifs is 1. The van der Waals surface area contributed by atoms with Crippen LogP contribution < -0.4 is 10.1 Å². The van der Waals surface area contributed by atoms with E-state index < -0.39 is 0 Å². The lowest BCUT2D eigenvalue weighted by atomic mass is 9.71. The largest absolute Gasteiger partial charge is 0.494 e. The molecule has 1 aliphatic carbocycles. The van der Waals surface area contributed by atoms with Gasteiger partial charge in [-0.2, -0.15) is 5.26 Å². The van der Waals surface area contributed by atoms with Gasteiger partial charge in [0.2, 0.25) is 5.91 Å². The Labute approximate surface area is 196 Å². The standard InChI is InChI=1S/C26H33N3O2S/c1-6-23(24(30)28-20-9-11-21(12-10-20)31-7-2)32-25-18(16-27)14-17-15-19(26(3,4)5)8-13-22(17)29-25/h9-12,14,19,23H,6-8,13,15H2,1-5H3,(H,28,30).